The van der Waals surface area contributed by atoms with E-state index in [1.54, 1.807) is 0 Å². The highest BCUT2D eigenvalue weighted by Crippen LogP contribution is 2.18. The molecule has 0 amide bonds. The van der Waals surface area contributed by atoms with E-state index in [0.717, 1.165) is 25.3 Å². The van der Waals surface area contributed by atoms with Gasteiger partial charge in [-0.2, -0.15) is 0 Å². The average Bonchev–Trinajstić information content (AvgIpc) is 2.48. The first-order valence-corrected chi connectivity index (χ1v) is 8.08. The maximum atomic E-state index is 3.57. The molecule has 1 nitrogen and oxygen atoms in total. The Labute approximate surface area is 129 Å². The molecule has 1 heteroatoms. The molecule has 112 valence electrons. The third-order valence-electron chi connectivity index (χ3n) is 3.69. The van der Waals surface area contributed by atoms with E-state index in [2.05, 4.69) is 74.6 Å². The molecule has 0 bridgehead atoms. The Morgan fingerprint density at radius 2 is 1.57 bits per heavy atom. The summed E-state index contributed by atoms with van der Waals surface area (Å²) in [5.41, 5.74) is 5.45. The van der Waals surface area contributed by atoms with E-state index < -0.39 is 0 Å². The van der Waals surface area contributed by atoms with Crippen molar-refractivity contribution in [1.29, 1.82) is 0 Å². The Bertz CT molecular complexity index is 540. The van der Waals surface area contributed by atoms with Gasteiger partial charge in [0, 0.05) is 12.2 Å². The standard InChI is InChI=1S/C20H27N/c1-4-7-19-8-5-6-9-20(19)21-15-18-12-10-17(11-13-18)14-16(2)3/h5-6,8-13,16,21H,4,7,14-15H2,1-3H3. The Balaban J connectivity index is 1.96. The van der Waals surface area contributed by atoms with Crippen molar-refractivity contribution >= 4 is 5.69 Å². The van der Waals surface area contributed by atoms with Crippen LogP contribution in [-0.4, -0.2) is 0 Å². The van der Waals surface area contributed by atoms with Crippen LogP contribution in [0, 0.1) is 5.92 Å². The van der Waals surface area contributed by atoms with Crippen LogP contribution >= 0.6 is 0 Å². The molecule has 0 saturated heterocycles. The predicted octanol–water partition coefficient (Wildman–Crippen LogP) is 5.45. The second-order valence-electron chi connectivity index (χ2n) is 6.18. The molecule has 0 saturated carbocycles. The summed E-state index contributed by atoms with van der Waals surface area (Å²) < 4.78 is 0. The first-order chi connectivity index (χ1) is 10.2. The number of para-hydroxylation sites is 1. The molecule has 0 aromatic heterocycles. The summed E-state index contributed by atoms with van der Waals surface area (Å²) in [6.45, 7) is 7.65. The van der Waals surface area contributed by atoms with Gasteiger partial charge in [0.05, 0.1) is 0 Å². The van der Waals surface area contributed by atoms with Crippen molar-refractivity contribution in [1.82, 2.24) is 0 Å². The van der Waals surface area contributed by atoms with Gasteiger partial charge in [0.2, 0.25) is 0 Å². The zero-order valence-corrected chi connectivity index (χ0v) is 13.5. The van der Waals surface area contributed by atoms with E-state index in [4.69, 9.17) is 0 Å². The SMILES string of the molecule is CCCc1ccccc1NCc1ccc(CC(C)C)cc1. The highest BCUT2D eigenvalue weighted by Gasteiger charge is 2.01. The number of rotatable bonds is 7. The lowest BCUT2D eigenvalue weighted by Gasteiger charge is -2.12. The zero-order valence-electron chi connectivity index (χ0n) is 13.5. The van der Waals surface area contributed by atoms with Gasteiger partial charge >= 0.3 is 0 Å². The lowest BCUT2D eigenvalue weighted by molar-refractivity contribution is 0.647. The fourth-order valence-electron chi connectivity index (χ4n) is 2.64. The van der Waals surface area contributed by atoms with E-state index in [0.29, 0.717) is 0 Å². The van der Waals surface area contributed by atoms with Crippen LogP contribution in [0.4, 0.5) is 5.69 Å². The van der Waals surface area contributed by atoms with Crippen LogP contribution in [0.3, 0.4) is 0 Å². The van der Waals surface area contributed by atoms with Crippen LogP contribution in [-0.2, 0) is 19.4 Å². The molecule has 0 aliphatic rings. The molecular formula is C20H27N. The number of benzene rings is 2. The molecule has 0 radical (unpaired) electrons. The van der Waals surface area contributed by atoms with Gasteiger partial charge in [-0.1, -0.05) is 69.7 Å². The van der Waals surface area contributed by atoms with E-state index in [9.17, 15) is 0 Å². The summed E-state index contributed by atoms with van der Waals surface area (Å²) in [6.07, 6.45) is 3.48. The van der Waals surface area contributed by atoms with Gasteiger partial charge in [0.25, 0.3) is 0 Å². The smallest absolute Gasteiger partial charge is 0.0400 e. The van der Waals surface area contributed by atoms with E-state index in [1.165, 1.54) is 28.8 Å². The second-order valence-corrected chi connectivity index (χ2v) is 6.18. The first-order valence-electron chi connectivity index (χ1n) is 8.08. The highest BCUT2D eigenvalue weighted by atomic mass is 14.9. The largest absolute Gasteiger partial charge is 0.381 e. The molecule has 0 spiro atoms. The average molecular weight is 281 g/mol. The lowest BCUT2D eigenvalue weighted by atomic mass is 10.0. The van der Waals surface area contributed by atoms with Gasteiger partial charge in [-0.3, -0.25) is 0 Å². The quantitative estimate of drug-likeness (QED) is 0.711. The molecule has 0 atom stereocenters. The van der Waals surface area contributed by atoms with Crippen molar-refractivity contribution in [2.45, 2.75) is 46.6 Å². The minimum Gasteiger partial charge on any atom is -0.381 e. The van der Waals surface area contributed by atoms with Gasteiger partial charge in [0.1, 0.15) is 0 Å². The van der Waals surface area contributed by atoms with Crippen LogP contribution < -0.4 is 5.32 Å². The normalized spacial score (nSPS) is 10.9. The molecule has 2 aromatic rings. The third kappa shape index (κ3) is 4.93. The van der Waals surface area contributed by atoms with Crippen LogP contribution in [0.1, 0.15) is 43.9 Å². The molecular weight excluding hydrogens is 254 g/mol. The minimum atomic E-state index is 0.717. The van der Waals surface area contributed by atoms with Crippen LogP contribution in [0.15, 0.2) is 48.5 Å². The van der Waals surface area contributed by atoms with E-state index in [1.807, 2.05) is 0 Å². The number of anilines is 1. The van der Waals surface area contributed by atoms with E-state index >= 15 is 0 Å². The summed E-state index contributed by atoms with van der Waals surface area (Å²) in [4.78, 5) is 0. The molecule has 0 aliphatic carbocycles. The van der Waals surface area contributed by atoms with Crippen molar-refractivity contribution in [3.05, 3.63) is 65.2 Å². The Morgan fingerprint density at radius 1 is 0.905 bits per heavy atom. The number of hydrogen-bond donors (Lipinski definition) is 1. The summed E-state index contributed by atoms with van der Waals surface area (Å²) >= 11 is 0. The molecule has 0 unspecified atom stereocenters. The first kappa shape index (κ1) is 15.6. The molecule has 21 heavy (non-hydrogen) atoms. The second kappa shape index (κ2) is 7.87. The van der Waals surface area contributed by atoms with Gasteiger partial charge in [-0.05, 0) is 41.5 Å². The summed E-state index contributed by atoms with van der Waals surface area (Å²) in [5.74, 6) is 0.717. The Kier molecular flexibility index (Phi) is 5.86. The summed E-state index contributed by atoms with van der Waals surface area (Å²) in [6, 6.07) is 17.6. The van der Waals surface area contributed by atoms with Crippen molar-refractivity contribution in [3.63, 3.8) is 0 Å². The maximum absolute atomic E-state index is 3.57. The molecule has 2 rings (SSSR count). The van der Waals surface area contributed by atoms with Gasteiger partial charge in [0.15, 0.2) is 0 Å². The number of hydrogen-bond acceptors (Lipinski definition) is 1. The zero-order chi connectivity index (χ0) is 15.1. The highest BCUT2D eigenvalue weighted by molar-refractivity contribution is 5.51. The molecule has 1 N–H and O–H groups in total. The van der Waals surface area contributed by atoms with Gasteiger partial charge < -0.3 is 5.32 Å². The van der Waals surface area contributed by atoms with Crippen molar-refractivity contribution in [3.8, 4) is 0 Å². The summed E-state index contributed by atoms with van der Waals surface area (Å²) in [7, 11) is 0. The van der Waals surface area contributed by atoms with Crippen molar-refractivity contribution < 1.29 is 0 Å². The minimum absolute atomic E-state index is 0.717. The predicted molar refractivity (Wildman–Crippen MR) is 92.7 cm³/mol. The molecule has 0 fully saturated rings. The number of nitrogens with one attached hydrogen (secondary N) is 1. The van der Waals surface area contributed by atoms with Crippen LogP contribution in [0.25, 0.3) is 0 Å². The van der Waals surface area contributed by atoms with Gasteiger partial charge in [-0.15, -0.1) is 0 Å². The fraction of sp³-hybridized carbons (Fsp3) is 0.400. The van der Waals surface area contributed by atoms with Crippen LogP contribution in [0.2, 0.25) is 0 Å². The Hall–Kier alpha value is -1.76. The summed E-state index contributed by atoms with van der Waals surface area (Å²) in [5, 5.41) is 3.57. The Morgan fingerprint density at radius 3 is 2.24 bits per heavy atom. The monoisotopic (exact) mass is 281 g/mol. The maximum Gasteiger partial charge on any atom is 0.0400 e. The van der Waals surface area contributed by atoms with Gasteiger partial charge in [-0.25, -0.2) is 0 Å². The molecule has 0 aliphatic heterocycles. The fourth-order valence-corrected chi connectivity index (χ4v) is 2.64. The molecule has 0 heterocycles. The van der Waals surface area contributed by atoms with E-state index in [-0.39, 0.29) is 0 Å². The topological polar surface area (TPSA) is 12.0 Å². The number of aryl methyl sites for hydroxylation is 1. The van der Waals surface area contributed by atoms with Crippen LogP contribution in [0.5, 0.6) is 0 Å². The third-order valence-corrected chi connectivity index (χ3v) is 3.69. The lowest BCUT2D eigenvalue weighted by Crippen LogP contribution is -2.03. The molecule has 2 aromatic carbocycles. The van der Waals surface area contributed by atoms with Crippen molar-refractivity contribution in [2.75, 3.05) is 5.32 Å². The van der Waals surface area contributed by atoms with Crippen molar-refractivity contribution in [2.24, 2.45) is 5.92 Å².